The molecule has 0 atom stereocenters. The molecule has 0 saturated carbocycles. The highest BCUT2D eigenvalue weighted by Gasteiger charge is 2.35. The number of hydrogen-bond donors (Lipinski definition) is 0. The molecule has 0 bridgehead atoms. The van der Waals surface area contributed by atoms with E-state index in [2.05, 4.69) is 0 Å². The zero-order chi connectivity index (χ0) is 23.4. The molecule has 1 fully saturated rings. The average Bonchev–Trinajstić information content (AvgIpc) is 3.07. The summed E-state index contributed by atoms with van der Waals surface area (Å²) in [5.41, 5.74) is 1.65. The van der Waals surface area contributed by atoms with Gasteiger partial charge in [0, 0.05) is 0 Å². The summed E-state index contributed by atoms with van der Waals surface area (Å²) < 4.78 is 10.8. The van der Waals surface area contributed by atoms with E-state index >= 15 is 0 Å². The minimum Gasteiger partial charge on any atom is -0.493 e. The highest BCUT2D eigenvalue weighted by Crippen LogP contribution is 2.35. The lowest BCUT2D eigenvalue weighted by Gasteiger charge is -2.12. The largest absolute Gasteiger partial charge is 0.493 e. The Hall–Kier alpha value is -3.55. The number of nitrogens with zero attached hydrogens (tertiary/aromatic N) is 1. The molecular formula is C25H18ClNO5S. The Labute approximate surface area is 199 Å². The number of amides is 2. The summed E-state index contributed by atoms with van der Waals surface area (Å²) in [6.07, 6.45) is 1.59. The van der Waals surface area contributed by atoms with Crippen LogP contribution < -0.4 is 9.47 Å². The summed E-state index contributed by atoms with van der Waals surface area (Å²) in [5, 5.41) is -0.0707. The van der Waals surface area contributed by atoms with Crippen LogP contribution in [0.4, 0.5) is 4.79 Å². The zero-order valence-corrected chi connectivity index (χ0v) is 19.1. The van der Waals surface area contributed by atoms with Crippen LogP contribution in [-0.2, 0) is 11.3 Å². The van der Waals surface area contributed by atoms with E-state index in [9.17, 15) is 14.4 Å². The molecule has 0 unspecified atom stereocenters. The lowest BCUT2D eigenvalue weighted by atomic mass is 10.1. The van der Waals surface area contributed by atoms with Gasteiger partial charge < -0.3 is 9.47 Å². The first kappa shape index (κ1) is 22.6. The van der Waals surface area contributed by atoms with Crippen LogP contribution in [-0.4, -0.2) is 29.1 Å². The van der Waals surface area contributed by atoms with E-state index in [1.54, 1.807) is 48.5 Å². The lowest BCUT2D eigenvalue weighted by Crippen LogP contribution is -2.27. The maximum atomic E-state index is 12.8. The molecule has 0 radical (unpaired) electrons. The third-order valence-electron chi connectivity index (χ3n) is 4.84. The van der Waals surface area contributed by atoms with Gasteiger partial charge in [-0.05, 0) is 53.2 Å². The quantitative estimate of drug-likeness (QED) is 0.252. The molecule has 3 aromatic rings. The number of rotatable bonds is 6. The van der Waals surface area contributed by atoms with Gasteiger partial charge in [-0.15, -0.1) is 0 Å². The Kier molecular flexibility index (Phi) is 6.82. The number of carbonyl (C=O) groups is 3. The summed E-state index contributed by atoms with van der Waals surface area (Å²) in [4.78, 5) is 39.3. The molecule has 0 aliphatic carbocycles. The highest BCUT2D eigenvalue weighted by atomic mass is 35.5. The fourth-order valence-corrected chi connectivity index (χ4v) is 4.25. The van der Waals surface area contributed by atoms with Gasteiger partial charge in [0.05, 0.1) is 29.1 Å². The number of thioether (sulfide) groups is 1. The summed E-state index contributed by atoms with van der Waals surface area (Å²) in [6, 6.07) is 20.7. The molecular weight excluding hydrogens is 462 g/mol. The standard InChI is InChI=1S/C25H18ClNO5S/c1-31-20-12-11-17(13-21(20)32-24(29)18-9-5-6-10-19(18)26)14-22-23(28)27(25(30)33-22)15-16-7-3-2-4-8-16/h2-14H,15H2,1H3/b22-14-. The van der Waals surface area contributed by atoms with Crippen LogP contribution in [0.1, 0.15) is 21.5 Å². The van der Waals surface area contributed by atoms with E-state index in [-0.39, 0.29) is 38.9 Å². The van der Waals surface area contributed by atoms with Gasteiger partial charge in [0.15, 0.2) is 11.5 Å². The van der Waals surface area contributed by atoms with Crippen LogP contribution in [0.2, 0.25) is 5.02 Å². The smallest absolute Gasteiger partial charge is 0.345 e. The first-order valence-corrected chi connectivity index (χ1v) is 11.1. The molecule has 8 heteroatoms. The fraction of sp³-hybridized carbons (Fsp3) is 0.0800. The Morgan fingerprint density at radius 1 is 1.00 bits per heavy atom. The molecule has 166 valence electrons. The number of ether oxygens (including phenoxy) is 2. The van der Waals surface area contributed by atoms with E-state index in [4.69, 9.17) is 21.1 Å². The summed E-state index contributed by atoms with van der Waals surface area (Å²) in [6.45, 7) is 0.201. The maximum absolute atomic E-state index is 12.8. The summed E-state index contributed by atoms with van der Waals surface area (Å²) in [5.74, 6) is -0.511. The molecule has 2 amide bonds. The molecule has 1 aliphatic heterocycles. The first-order valence-electron chi connectivity index (χ1n) is 9.90. The number of benzene rings is 3. The Bertz CT molecular complexity index is 1260. The molecule has 1 saturated heterocycles. The fourth-order valence-electron chi connectivity index (χ4n) is 3.20. The Balaban J connectivity index is 1.57. The van der Waals surface area contributed by atoms with Gasteiger partial charge in [-0.25, -0.2) is 4.79 Å². The van der Waals surface area contributed by atoms with Crippen molar-refractivity contribution < 1.29 is 23.9 Å². The van der Waals surface area contributed by atoms with Crippen LogP contribution in [0.15, 0.2) is 77.7 Å². The second kappa shape index (κ2) is 9.94. The van der Waals surface area contributed by atoms with Crippen LogP contribution in [0.3, 0.4) is 0 Å². The minimum absolute atomic E-state index is 0.166. The van der Waals surface area contributed by atoms with Crippen molar-refractivity contribution >= 4 is 46.6 Å². The van der Waals surface area contributed by atoms with Gasteiger partial charge in [-0.1, -0.05) is 60.1 Å². The second-order valence-electron chi connectivity index (χ2n) is 7.03. The van der Waals surface area contributed by atoms with Crippen molar-refractivity contribution in [2.45, 2.75) is 6.54 Å². The predicted molar refractivity (Wildman–Crippen MR) is 127 cm³/mol. The molecule has 1 aliphatic rings. The van der Waals surface area contributed by atoms with E-state index in [0.717, 1.165) is 17.3 Å². The first-order chi connectivity index (χ1) is 16.0. The number of carbonyl (C=O) groups excluding carboxylic acids is 3. The van der Waals surface area contributed by atoms with Crippen LogP contribution in [0.25, 0.3) is 6.08 Å². The number of esters is 1. The molecule has 6 nitrogen and oxygen atoms in total. The van der Waals surface area contributed by atoms with Gasteiger partial charge in [-0.2, -0.15) is 0 Å². The van der Waals surface area contributed by atoms with Crippen molar-refractivity contribution in [1.29, 1.82) is 0 Å². The van der Waals surface area contributed by atoms with Gasteiger partial charge in [0.25, 0.3) is 11.1 Å². The molecule has 0 N–H and O–H groups in total. The molecule has 0 aromatic heterocycles. The SMILES string of the molecule is COc1ccc(/C=C2\SC(=O)N(Cc3ccccc3)C2=O)cc1OC(=O)c1ccccc1Cl. The predicted octanol–water partition coefficient (Wildman–Crippen LogP) is 5.80. The normalized spacial score (nSPS) is 14.6. The molecule has 33 heavy (non-hydrogen) atoms. The summed E-state index contributed by atoms with van der Waals surface area (Å²) in [7, 11) is 1.46. The number of hydrogen-bond acceptors (Lipinski definition) is 6. The van der Waals surface area contributed by atoms with Crippen LogP contribution in [0, 0.1) is 0 Å². The van der Waals surface area contributed by atoms with Gasteiger partial charge in [0.2, 0.25) is 0 Å². The third-order valence-corrected chi connectivity index (χ3v) is 6.08. The van der Waals surface area contributed by atoms with Gasteiger partial charge in [0.1, 0.15) is 0 Å². The van der Waals surface area contributed by atoms with E-state index < -0.39 is 5.97 Å². The van der Waals surface area contributed by atoms with E-state index in [1.807, 2.05) is 30.3 Å². The highest BCUT2D eigenvalue weighted by molar-refractivity contribution is 8.18. The van der Waals surface area contributed by atoms with Crippen LogP contribution in [0.5, 0.6) is 11.5 Å². The second-order valence-corrected chi connectivity index (χ2v) is 8.43. The number of imide groups is 1. The van der Waals surface area contributed by atoms with E-state index in [1.165, 1.54) is 12.0 Å². The van der Waals surface area contributed by atoms with Crippen molar-refractivity contribution in [3.05, 3.63) is 99.4 Å². The number of methoxy groups -OCH3 is 1. The zero-order valence-electron chi connectivity index (χ0n) is 17.5. The topological polar surface area (TPSA) is 72.9 Å². The average molecular weight is 480 g/mol. The lowest BCUT2D eigenvalue weighted by molar-refractivity contribution is -0.123. The monoisotopic (exact) mass is 479 g/mol. The van der Waals surface area contributed by atoms with Crippen molar-refractivity contribution in [3.8, 4) is 11.5 Å². The van der Waals surface area contributed by atoms with Crippen molar-refractivity contribution in [3.63, 3.8) is 0 Å². The molecule has 1 heterocycles. The van der Waals surface area contributed by atoms with Crippen molar-refractivity contribution in [2.24, 2.45) is 0 Å². The number of halogens is 1. The van der Waals surface area contributed by atoms with Crippen molar-refractivity contribution in [2.75, 3.05) is 7.11 Å². The van der Waals surface area contributed by atoms with Gasteiger partial charge in [-0.3, -0.25) is 14.5 Å². The summed E-state index contributed by atoms with van der Waals surface area (Å²) >= 11 is 6.95. The maximum Gasteiger partial charge on any atom is 0.345 e. The Morgan fingerprint density at radius 3 is 2.45 bits per heavy atom. The third kappa shape index (κ3) is 5.10. The van der Waals surface area contributed by atoms with Gasteiger partial charge >= 0.3 is 5.97 Å². The van der Waals surface area contributed by atoms with Crippen molar-refractivity contribution in [1.82, 2.24) is 4.90 Å². The molecule has 4 rings (SSSR count). The minimum atomic E-state index is -0.640. The van der Waals surface area contributed by atoms with E-state index in [0.29, 0.717) is 11.3 Å². The molecule has 3 aromatic carbocycles. The Morgan fingerprint density at radius 2 is 1.73 bits per heavy atom. The van der Waals surface area contributed by atoms with Crippen LogP contribution >= 0.6 is 23.4 Å². The molecule has 0 spiro atoms.